The lowest BCUT2D eigenvalue weighted by Crippen LogP contribution is -2.01. The molecule has 152 valence electrons. The number of pyridine rings is 1. The molecule has 0 aliphatic rings. The third-order valence-electron chi connectivity index (χ3n) is 4.35. The largest absolute Gasteiger partial charge is 0.463 e. The van der Waals surface area contributed by atoms with E-state index in [-0.39, 0.29) is 11.0 Å². The van der Waals surface area contributed by atoms with Crippen LogP contribution in [0.1, 0.15) is 28.5 Å². The molecule has 0 aliphatic carbocycles. The highest BCUT2D eigenvalue weighted by Gasteiger charge is 2.22. The number of esters is 1. The molecule has 7 nitrogen and oxygen atoms in total. The normalized spacial score (nSPS) is 12.0. The maximum atomic E-state index is 11.7. The van der Waals surface area contributed by atoms with Gasteiger partial charge in [0.1, 0.15) is 5.76 Å². The summed E-state index contributed by atoms with van der Waals surface area (Å²) in [5, 5.41) is 10.0. The van der Waals surface area contributed by atoms with Gasteiger partial charge in [-0.2, -0.15) is 0 Å². The summed E-state index contributed by atoms with van der Waals surface area (Å²) in [6, 6.07) is 14.6. The molecule has 0 radical (unpaired) electrons. The third kappa shape index (κ3) is 4.10. The van der Waals surface area contributed by atoms with Gasteiger partial charge in [-0.25, -0.2) is 4.79 Å². The van der Waals surface area contributed by atoms with Crippen LogP contribution in [0.25, 0.3) is 17.1 Å². The van der Waals surface area contributed by atoms with Crippen molar-refractivity contribution in [2.75, 3.05) is 7.11 Å². The fraction of sp³-hybridized carbons (Fsp3) is 0.143. The summed E-state index contributed by atoms with van der Waals surface area (Å²) in [5.41, 5.74) is 1.76. The number of methoxy groups -OCH3 is 1. The van der Waals surface area contributed by atoms with Gasteiger partial charge in [-0.1, -0.05) is 23.4 Å². The minimum Gasteiger partial charge on any atom is -0.463 e. The first-order chi connectivity index (χ1) is 14.6. The van der Waals surface area contributed by atoms with Gasteiger partial charge in [0.2, 0.25) is 5.76 Å². The van der Waals surface area contributed by atoms with Crippen LogP contribution in [0.2, 0.25) is 5.02 Å². The van der Waals surface area contributed by atoms with Gasteiger partial charge in [0.05, 0.1) is 12.4 Å². The zero-order chi connectivity index (χ0) is 21.1. The molecule has 0 aliphatic heterocycles. The predicted molar refractivity (Wildman–Crippen MR) is 114 cm³/mol. The van der Waals surface area contributed by atoms with Gasteiger partial charge in [0, 0.05) is 28.7 Å². The van der Waals surface area contributed by atoms with E-state index in [4.69, 9.17) is 20.8 Å². The van der Waals surface area contributed by atoms with E-state index in [0.717, 1.165) is 11.3 Å². The third-order valence-corrected chi connectivity index (χ3v) is 5.67. The van der Waals surface area contributed by atoms with Crippen molar-refractivity contribution in [3.05, 3.63) is 77.5 Å². The highest BCUT2D eigenvalue weighted by molar-refractivity contribution is 7.99. The SMILES string of the molecule is COC(=O)c1ccc(C(C)Sc2nnc(-c3ccncc3)n2-c2ccc(Cl)cc2)o1. The fourth-order valence-corrected chi connectivity index (χ4v) is 3.93. The summed E-state index contributed by atoms with van der Waals surface area (Å²) in [6.45, 7) is 1.97. The molecule has 3 aromatic heterocycles. The van der Waals surface area contributed by atoms with E-state index in [2.05, 4.69) is 15.2 Å². The highest BCUT2D eigenvalue weighted by Crippen LogP contribution is 2.37. The van der Waals surface area contributed by atoms with Gasteiger partial charge < -0.3 is 9.15 Å². The number of rotatable bonds is 6. The van der Waals surface area contributed by atoms with Crippen LogP contribution < -0.4 is 0 Å². The van der Waals surface area contributed by atoms with E-state index in [1.807, 2.05) is 47.9 Å². The summed E-state index contributed by atoms with van der Waals surface area (Å²) < 4.78 is 12.3. The van der Waals surface area contributed by atoms with E-state index in [1.54, 1.807) is 24.5 Å². The summed E-state index contributed by atoms with van der Waals surface area (Å²) >= 11 is 7.54. The van der Waals surface area contributed by atoms with Crippen LogP contribution in [0.3, 0.4) is 0 Å². The molecule has 0 spiro atoms. The zero-order valence-corrected chi connectivity index (χ0v) is 17.7. The topological polar surface area (TPSA) is 83.0 Å². The number of hydrogen-bond acceptors (Lipinski definition) is 7. The number of halogens is 1. The molecular formula is C21H17ClN4O3S. The number of carbonyl (C=O) groups is 1. The van der Waals surface area contributed by atoms with Gasteiger partial charge in [-0.05, 0) is 55.5 Å². The van der Waals surface area contributed by atoms with Gasteiger partial charge >= 0.3 is 5.97 Å². The lowest BCUT2D eigenvalue weighted by Gasteiger charge is -2.12. The molecule has 0 N–H and O–H groups in total. The minimum atomic E-state index is -0.511. The van der Waals surface area contributed by atoms with Crippen molar-refractivity contribution in [2.24, 2.45) is 0 Å². The molecule has 30 heavy (non-hydrogen) atoms. The van der Waals surface area contributed by atoms with Crippen LogP contribution in [0.5, 0.6) is 0 Å². The number of aromatic nitrogens is 4. The molecule has 0 amide bonds. The molecule has 4 rings (SSSR count). The predicted octanol–water partition coefficient (Wildman–Crippen LogP) is 5.22. The second-order valence-corrected chi connectivity index (χ2v) is 8.05. The number of carbonyl (C=O) groups excluding carboxylic acids is 1. The molecule has 9 heteroatoms. The minimum absolute atomic E-state index is 0.121. The van der Waals surface area contributed by atoms with E-state index >= 15 is 0 Å². The Morgan fingerprint density at radius 1 is 1.10 bits per heavy atom. The van der Waals surface area contributed by atoms with Crippen molar-refractivity contribution in [1.82, 2.24) is 19.7 Å². The van der Waals surface area contributed by atoms with Crippen LogP contribution >= 0.6 is 23.4 Å². The first-order valence-corrected chi connectivity index (χ1v) is 10.3. The number of benzene rings is 1. The summed E-state index contributed by atoms with van der Waals surface area (Å²) in [6.07, 6.45) is 3.42. The lowest BCUT2D eigenvalue weighted by molar-refractivity contribution is 0.0563. The molecular weight excluding hydrogens is 424 g/mol. The molecule has 0 bridgehead atoms. The first kappa shape index (κ1) is 20.2. The lowest BCUT2D eigenvalue weighted by atomic mass is 10.2. The Kier molecular flexibility index (Phi) is 5.87. The molecule has 1 unspecified atom stereocenters. The van der Waals surface area contributed by atoms with Crippen molar-refractivity contribution in [3.8, 4) is 17.1 Å². The summed E-state index contributed by atoms with van der Waals surface area (Å²) in [4.78, 5) is 15.7. The van der Waals surface area contributed by atoms with Crippen LogP contribution in [0.15, 0.2) is 70.5 Å². The molecule has 1 aromatic carbocycles. The van der Waals surface area contributed by atoms with Crippen molar-refractivity contribution < 1.29 is 13.9 Å². The van der Waals surface area contributed by atoms with E-state index < -0.39 is 5.97 Å². The molecule has 0 fully saturated rings. The number of nitrogens with zero attached hydrogens (tertiary/aromatic N) is 4. The fourth-order valence-electron chi connectivity index (χ4n) is 2.85. The quantitative estimate of drug-likeness (QED) is 0.300. The van der Waals surface area contributed by atoms with Gasteiger partial charge in [0.15, 0.2) is 11.0 Å². The van der Waals surface area contributed by atoms with Crippen molar-refractivity contribution in [1.29, 1.82) is 0 Å². The Bertz CT molecular complexity index is 1160. The maximum absolute atomic E-state index is 11.7. The van der Waals surface area contributed by atoms with Crippen LogP contribution in [-0.2, 0) is 4.74 Å². The Morgan fingerprint density at radius 3 is 2.53 bits per heavy atom. The van der Waals surface area contributed by atoms with Crippen molar-refractivity contribution in [2.45, 2.75) is 17.3 Å². The average Bonchev–Trinajstić information content (AvgIpc) is 3.42. The van der Waals surface area contributed by atoms with E-state index in [9.17, 15) is 4.79 Å². The molecule has 3 heterocycles. The molecule has 1 atom stereocenters. The second kappa shape index (κ2) is 8.73. The monoisotopic (exact) mass is 440 g/mol. The highest BCUT2D eigenvalue weighted by atomic mass is 35.5. The average molecular weight is 441 g/mol. The number of ether oxygens (including phenoxy) is 1. The zero-order valence-electron chi connectivity index (χ0n) is 16.2. The smallest absolute Gasteiger partial charge is 0.373 e. The molecule has 0 saturated heterocycles. The standard InChI is InChI=1S/C21H17ClN4O3S/c1-13(17-7-8-18(29-17)20(27)28-2)30-21-25-24-19(14-9-11-23-12-10-14)26(21)16-5-3-15(22)4-6-16/h3-13H,1-2H3. The Balaban J connectivity index is 1.71. The van der Waals surface area contributed by atoms with Crippen LogP contribution in [0, 0.1) is 0 Å². The summed E-state index contributed by atoms with van der Waals surface area (Å²) in [5.74, 6) is 0.972. The van der Waals surface area contributed by atoms with Crippen molar-refractivity contribution in [3.63, 3.8) is 0 Å². The molecule has 4 aromatic rings. The Morgan fingerprint density at radius 2 is 1.83 bits per heavy atom. The summed E-state index contributed by atoms with van der Waals surface area (Å²) in [7, 11) is 1.32. The van der Waals surface area contributed by atoms with Gasteiger partial charge in [-0.15, -0.1) is 10.2 Å². The Labute approximate surface area is 182 Å². The number of furan rings is 1. The van der Waals surface area contributed by atoms with Gasteiger partial charge in [0.25, 0.3) is 0 Å². The van der Waals surface area contributed by atoms with E-state index in [1.165, 1.54) is 18.9 Å². The van der Waals surface area contributed by atoms with Crippen molar-refractivity contribution >= 4 is 29.3 Å². The van der Waals surface area contributed by atoms with E-state index in [0.29, 0.717) is 21.8 Å². The first-order valence-electron chi connectivity index (χ1n) is 9.03. The molecule has 0 saturated carbocycles. The van der Waals surface area contributed by atoms with Crippen LogP contribution in [0.4, 0.5) is 0 Å². The number of thioether (sulfide) groups is 1. The maximum Gasteiger partial charge on any atom is 0.373 e. The van der Waals surface area contributed by atoms with Crippen LogP contribution in [-0.4, -0.2) is 32.8 Å². The van der Waals surface area contributed by atoms with Gasteiger partial charge in [-0.3, -0.25) is 9.55 Å². The number of hydrogen-bond donors (Lipinski definition) is 0. The Hall–Kier alpha value is -3.10. The second-order valence-electron chi connectivity index (χ2n) is 6.31.